The van der Waals surface area contributed by atoms with Crippen LogP contribution >= 0.6 is 27.5 Å². The summed E-state index contributed by atoms with van der Waals surface area (Å²) in [5, 5.41) is 3.13. The predicted molar refractivity (Wildman–Crippen MR) is 101 cm³/mol. The van der Waals surface area contributed by atoms with Gasteiger partial charge in [-0.1, -0.05) is 27.5 Å². The maximum Gasteiger partial charge on any atom is 0.291 e. The summed E-state index contributed by atoms with van der Waals surface area (Å²) in [5.74, 6) is 0.101. The Hall–Kier alpha value is -2.31. The minimum Gasteiger partial charge on any atom is -0.486 e. The molecule has 0 spiro atoms. The lowest BCUT2D eigenvalue weighted by Gasteiger charge is -2.06. The van der Waals surface area contributed by atoms with Crippen molar-refractivity contribution in [2.24, 2.45) is 0 Å². The number of nitrogens with one attached hydrogen (secondary N) is 1. The Labute approximate surface area is 163 Å². The van der Waals surface area contributed by atoms with Gasteiger partial charge in [0, 0.05) is 9.50 Å². The molecule has 4 nitrogen and oxygen atoms in total. The molecule has 1 N–H and O–H groups in total. The molecule has 7 heteroatoms. The van der Waals surface area contributed by atoms with Crippen LogP contribution in [0.5, 0.6) is 5.75 Å². The molecule has 1 aromatic heterocycles. The smallest absolute Gasteiger partial charge is 0.291 e. The molecule has 0 saturated heterocycles. The van der Waals surface area contributed by atoms with Crippen LogP contribution in [0.25, 0.3) is 0 Å². The number of furan rings is 1. The molecule has 0 aliphatic rings. The van der Waals surface area contributed by atoms with E-state index >= 15 is 0 Å². The van der Waals surface area contributed by atoms with Crippen molar-refractivity contribution in [1.29, 1.82) is 0 Å². The summed E-state index contributed by atoms with van der Waals surface area (Å²) in [6, 6.07) is 12.8. The highest BCUT2D eigenvalue weighted by atomic mass is 79.9. The van der Waals surface area contributed by atoms with Crippen LogP contribution in [0.15, 0.2) is 57.4 Å². The van der Waals surface area contributed by atoms with Crippen molar-refractivity contribution >= 4 is 39.1 Å². The monoisotopic (exact) mass is 437 g/mol. The number of carbonyl (C=O) groups excluding carboxylic acids is 1. The highest BCUT2D eigenvalue weighted by Gasteiger charge is 2.14. The summed E-state index contributed by atoms with van der Waals surface area (Å²) in [6.07, 6.45) is 0. The van der Waals surface area contributed by atoms with E-state index in [9.17, 15) is 9.18 Å². The molecule has 1 heterocycles. The molecule has 0 fully saturated rings. The second-order valence-electron chi connectivity index (χ2n) is 5.54. The van der Waals surface area contributed by atoms with Crippen molar-refractivity contribution in [3.8, 4) is 5.75 Å². The van der Waals surface area contributed by atoms with Crippen molar-refractivity contribution in [2.45, 2.75) is 13.5 Å². The van der Waals surface area contributed by atoms with Gasteiger partial charge in [-0.3, -0.25) is 4.79 Å². The van der Waals surface area contributed by atoms with Gasteiger partial charge < -0.3 is 14.5 Å². The molecular weight excluding hydrogens is 425 g/mol. The first-order valence-corrected chi connectivity index (χ1v) is 8.83. The molecule has 3 aromatic rings. The number of amides is 1. The minimum absolute atomic E-state index is 0.0678. The quantitative estimate of drug-likeness (QED) is 0.533. The maximum atomic E-state index is 13.8. The van der Waals surface area contributed by atoms with E-state index in [1.54, 1.807) is 24.3 Å². The Bertz CT molecular complexity index is 958. The first-order chi connectivity index (χ1) is 12.4. The summed E-state index contributed by atoms with van der Waals surface area (Å²) in [7, 11) is 0. The molecule has 1 amide bonds. The third kappa shape index (κ3) is 4.45. The fraction of sp³-hybridized carbons (Fsp3) is 0.105. The molecule has 0 aliphatic heterocycles. The minimum atomic E-state index is -0.542. The summed E-state index contributed by atoms with van der Waals surface area (Å²) >= 11 is 9.14. The summed E-state index contributed by atoms with van der Waals surface area (Å²) < 4.78 is 25.5. The predicted octanol–water partition coefficient (Wildman–Crippen LogP) is 5.97. The Balaban J connectivity index is 1.63. The van der Waals surface area contributed by atoms with Gasteiger partial charge in [0.2, 0.25) is 0 Å². The average Bonchev–Trinajstić information content (AvgIpc) is 3.07. The molecule has 0 bridgehead atoms. The van der Waals surface area contributed by atoms with Crippen LogP contribution in [0.2, 0.25) is 5.02 Å². The largest absolute Gasteiger partial charge is 0.486 e. The van der Waals surface area contributed by atoms with Crippen molar-refractivity contribution < 1.29 is 18.3 Å². The maximum absolute atomic E-state index is 13.8. The molecule has 0 saturated carbocycles. The summed E-state index contributed by atoms with van der Waals surface area (Å²) in [6.45, 7) is 2.03. The molecule has 0 atom stereocenters. The second-order valence-corrected chi connectivity index (χ2v) is 6.87. The summed E-state index contributed by atoms with van der Waals surface area (Å²) in [4.78, 5) is 12.2. The lowest BCUT2D eigenvalue weighted by molar-refractivity contribution is 0.0992. The number of rotatable bonds is 5. The Morgan fingerprint density at radius 2 is 2.04 bits per heavy atom. The average molecular weight is 439 g/mol. The third-order valence-electron chi connectivity index (χ3n) is 3.58. The number of benzene rings is 2. The van der Waals surface area contributed by atoms with Crippen LogP contribution < -0.4 is 10.1 Å². The van der Waals surface area contributed by atoms with E-state index < -0.39 is 11.7 Å². The molecule has 0 unspecified atom stereocenters. The molecule has 2 aromatic carbocycles. The van der Waals surface area contributed by atoms with E-state index in [1.165, 1.54) is 18.2 Å². The van der Waals surface area contributed by atoms with E-state index in [-0.39, 0.29) is 18.1 Å². The number of aryl methyl sites for hydroxylation is 1. The van der Waals surface area contributed by atoms with Crippen LogP contribution in [0.3, 0.4) is 0 Å². The zero-order chi connectivity index (χ0) is 18.7. The van der Waals surface area contributed by atoms with Gasteiger partial charge in [0.15, 0.2) is 5.76 Å². The first-order valence-electron chi connectivity index (χ1n) is 7.66. The molecule has 134 valence electrons. The van der Waals surface area contributed by atoms with Crippen LogP contribution in [0.1, 0.15) is 21.9 Å². The topological polar surface area (TPSA) is 51.5 Å². The van der Waals surface area contributed by atoms with Gasteiger partial charge in [-0.15, -0.1) is 0 Å². The van der Waals surface area contributed by atoms with Gasteiger partial charge in [0.1, 0.15) is 23.9 Å². The van der Waals surface area contributed by atoms with Gasteiger partial charge in [-0.2, -0.15) is 0 Å². The zero-order valence-corrected chi connectivity index (χ0v) is 16.0. The molecule has 3 rings (SSSR count). The number of hydrogen-bond donors (Lipinski definition) is 1. The lowest BCUT2D eigenvalue weighted by Crippen LogP contribution is -2.12. The Kier molecular flexibility index (Phi) is 5.64. The van der Waals surface area contributed by atoms with E-state index in [4.69, 9.17) is 20.8 Å². The fourth-order valence-electron chi connectivity index (χ4n) is 2.21. The second kappa shape index (κ2) is 7.93. The van der Waals surface area contributed by atoms with E-state index in [2.05, 4.69) is 21.2 Å². The fourth-order valence-corrected chi connectivity index (χ4v) is 2.66. The lowest BCUT2D eigenvalue weighted by atomic mass is 10.2. The van der Waals surface area contributed by atoms with Gasteiger partial charge in [-0.05, 0) is 61.0 Å². The molecular formula is C19H14BrClFNO3. The summed E-state index contributed by atoms with van der Waals surface area (Å²) in [5.41, 5.74) is 0.976. The molecule has 0 radical (unpaired) electrons. The van der Waals surface area contributed by atoms with E-state index in [0.717, 1.165) is 5.56 Å². The van der Waals surface area contributed by atoms with Crippen molar-refractivity contribution in [2.75, 3.05) is 5.32 Å². The van der Waals surface area contributed by atoms with Crippen LogP contribution in [-0.2, 0) is 6.61 Å². The van der Waals surface area contributed by atoms with Crippen LogP contribution in [0.4, 0.5) is 10.1 Å². The van der Waals surface area contributed by atoms with Crippen LogP contribution in [0, 0.1) is 12.7 Å². The zero-order valence-electron chi connectivity index (χ0n) is 13.7. The van der Waals surface area contributed by atoms with Crippen molar-refractivity contribution in [1.82, 2.24) is 0 Å². The number of carbonyl (C=O) groups is 1. The number of halogens is 3. The highest BCUT2D eigenvalue weighted by molar-refractivity contribution is 9.10. The number of hydrogen-bond acceptors (Lipinski definition) is 3. The standard InChI is InChI=1S/C19H14BrClFNO3/c1-11-8-13(3-5-15(11)21)25-10-14-4-7-18(26-14)19(24)23-17-6-2-12(20)9-16(17)22/h2-9H,10H2,1H3,(H,23,24). The Morgan fingerprint density at radius 1 is 1.23 bits per heavy atom. The van der Waals surface area contributed by atoms with E-state index in [1.807, 2.05) is 13.0 Å². The Morgan fingerprint density at radius 3 is 2.77 bits per heavy atom. The van der Waals surface area contributed by atoms with Crippen molar-refractivity contribution in [3.05, 3.63) is 80.9 Å². The first kappa shape index (κ1) is 18.5. The third-order valence-corrected chi connectivity index (χ3v) is 4.49. The number of ether oxygens (including phenoxy) is 1. The normalized spacial score (nSPS) is 10.6. The number of anilines is 1. The molecule has 26 heavy (non-hydrogen) atoms. The van der Waals surface area contributed by atoms with Crippen LogP contribution in [-0.4, -0.2) is 5.91 Å². The van der Waals surface area contributed by atoms with Gasteiger partial charge in [0.25, 0.3) is 5.91 Å². The molecule has 0 aliphatic carbocycles. The van der Waals surface area contributed by atoms with E-state index in [0.29, 0.717) is 21.0 Å². The SMILES string of the molecule is Cc1cc(OCc2ccc(C(=O)Nc3ccc(Br)cc3F)o2)ccc1Cl. The van der Waals surface area contributed by atoms with Gasteiger partial charge >= 0.3 is 0 Å². The van der Waals surface area contributed by atoms with Gasteiger partial charge in [0.05, 0.1) is 5.69 Å². The highest BCUT2D eigenvalue weighted by Crippen LogP contribution is 2.23. The van der Waals surface area contributed by atoms with Gasteiger partial charge in [-0.25, -0.2) is 4.39 Å². The van der Waals surface area contributed by atoms with Crippen molar-refractivity contribution in [3.63, 3.8) is 0 Å².